The molecule has 1 atom stereocenters. The van der Waals surface area contributed by atoms with Crippen molar-refractivity contribution in [3.8, 4) is 5.75 Å². The van der Waals surface area contributed by atoms with E-state index in [-0.39, 0.29) is 24.8 Å². The molecule has 0 spiro atoms. The Morgan fingerprint density at radius 1 is 1.36 bits per heavy atom. The highest BCUT2D eigenvalue weighted by Crippen LogP contribution is 2.20. The summed E-state index contributed by atoms with van der Waals surface area (Å²) >= 11 is 0. The molecule has 1 amide bonds. The van der Waals surface area contributed by atoms with Gasteiger partial charge in [-0.1, -0.05) is 18.2 Å². The standard InChI is InChI=1S/C18H20N2O5/c1-12-9-14(11-24-13-5-3-2-4-6-13)25-16(12)17(21)20-8-7-19-15(10-20)18(22)23/h2-6,9,15,19H,7-8,10-11H2,1H3,(H,22,23)/t15-/m1/s1. The fourth-order valence-corrected chi connectivity index (χ4v) is 2.75. The van der Waals surface area contributed by atoms with E-state index < -0.39 is 12.0 Å². The van der Waals surface area contributed by atoms with Gasteiger partial charge in [-0.15, -0.1) is 0 Å². The van der Waals surface area contributed by atoms with Crippen LogP contribution in [0.25, 0.3) is 0 Å². The summed E-state index contributed by atoms with van der Waals surface area (Å²) in [5, 5.41) is 12.0. The molecule has 0 aliphatic carbocycles. The van der Waals surface area contributed by atoms with Crippen LogP contribution in [-0.2, 0) is 11.4 Å². The van der Waals surface area contributed by atoms with Crippen LogP contribution in [0.4, 0.5) is 0 Å². The first-order valence-corrected chi connectivity index (χ1v) is 8.07. The molecule has 2 aromatic rings. The minimum absolute atomic E-state index is 0.115. The van der Waals surface area contributed by atoms with E-state index in [0.29, 0.717) is 24.4 Å². The average molecular weight is 344 g/mol. The third-order valence-electron chi connectivity index (χ3n) is 4.05. The van der Waals surface area contributed by atoms with E-state index >= 15 is 0 Å². The number of rotatable bonds is 5. The fraction of sp³-hybridized carbons (Fsp3) is 0.333. The normalized spacial score (nSPS) is 17.3. The molecule has 0 unspecified atom stereocenters. The van der Waals surface area contributed by atoms with E-state index in [0.717, 1.165) is 5.75 Å². The van der Waals surface area contributed by atoms with Crippen LogP contribution in [0.2, 0.25) is 0 Å². The number of nitrogens with zero attached hydrogens (tertiary/aromatic N) is 1. The third-order valence-corrected chi connectivity index (χ3v) is 4.05. The monoisotopic (exact) mass is 344 g/mol. The molecule has 25 heavy (non-hydrogen) atoms. The van der Waals surface area contributed by atoms with Crippen LogP contribution in [0.1, 0.15) is 21.9 Å². The van der Waals surface area contributed by atoms with Gasteiger partial charge in [0, 0.05) is 25.2 Å². The van der Waals surface area contributed by atoms with Crippen LogP contribution < -0.4 is 10.1 Å². The topological polar surface area (TPSA) is 92.0 Å². The van der Waals surface area contributed by atoms with Crippen LogP contribution in [0.3, 0.4) is 0 Å². The van der Waals surface area contributed by atoms with Crippen molar-refractivity contribution in [3.05, 3.63) is 53.5 Å². The predicted molar refractivity (Wildman–Crippen MR) is 89.5 cm³/mol. The number of amides is 1. The molecule has 7 nitrogen and oxygen atoms in total. The molecule has 1 aromatic heterocycles. The summed E-state index contributed by atoms with van der Waals surface area (Å²) in [5.74, 6) is 0.241. The summed E-state index contributed by atoms with van der Waals surface area (Å²) < 4.78 is 11.3. The highest BCUT2D eigenvalue weighted by atomic mass is 16.5. The van der Waals surface area contributed by atoms with Gasteiger partial charge >= 0.3 is 5.97 Å². The Morgan fingerprint density at radius 2 is 2.12 bits per heavy atom. The maximum absolute atomic E-state index is 12.6. The summed E-state index contributed by atoms with van der Waals surface area (Å²) in [5.41, 5.74) is 0.710. The summed E-state index contributed by atoms with van der Waals surface area (Å²) in [7, 11) is 0. The first-order chi connectivity index (χ1) is 12.0. The molecule has 7 heteroatoms. The summed E-state index contributed by atoms with van der Waals surface area (Å²) in [4.78, 5) is 25.3. The number of carboxylic acid groups (broad SMARTS) is 1. The number of para-hydroxylation sites is 1. The minimum Gasteiger partial charge on any atom is -0.486 e. The molecule has 0 bridgehead atoms. The molecule has 132 valence electrons. The number of benzene rings is 1. The van der Waals surface area contributed by atoms with Crippen LogP contribution in [0.5, 0.6) is 5.75 Å². The first-order valence-electron chi connectivity index (χ1n) is 8.07. The fourth-order valence-electron chi connectivity index (χ4n) is 2.75. The van der Waals surface area contributed by atoms with E-state index in [2.05, 4.69) is 5.32 Å². The molecular weight excluding hydrogens is 324 g/mol. The number of nitrogens with one attached hydrogen (secondary N) is 1. The number of carbonyl (C=O) groups is 2. The van der Waals surface area contributed by atoms with Crippen LogP contribution in [-0.4, -0.2) is 47.6 Å². The molecule has 1 aliphatic heterocycles. The number of furan rings is 1. The number of aliphatic carboxylic acids is 1. The molecule has 0 saturated carbocycles. The van der Waals surface area contributed by atoms with Gasteiger partial charge in [-0.3, -0.25) is 9.59 Å². The van der Waals surface area contributed by atoms with Gasteiger partial charge in [0.25, 0.3) is 5.91 Å². The number of hydrogen-bond acceptors (Lipinski definition) is 5. The Bertz CT molecular complexity index is 756. The zero-order chi connectivity index (χ0) is 17.8. The van der Waals surface area contributed by atoms with Crippen molar-refractivity contribution in [3.63, 3.8) is 0 Å². The van der Waals surface area contributed by atoms with Crippen molar-refractivity contribution in [2.24, 2.45) is 0 Å². The van der Waals surface area contributed by atoms with Crippen LogP contribution in [0.15, 0.2) is 40.8 Å². The molecular formula is C18H20N2O5. The number of ether oxygens (including phenoxy) is 1. The number of carboxylic acids is 1. The molecule has 3 rings (SSSR count). The van der Waals surface area contributed by atoms with E-state index in [9.17, 15) is 9.59 Å². The minimum atomic E-state index is -0.967. The number of hydrogen-bond donors (Lipinski definition) is 2. The molecule has 2 heterocycles. The van der Waals surface area contributed by atoms with Gasteiger partial charge in [-0.25, -0.2) is 0 Å². The van der Waals surface area contributed by atoms with Crippen molar-refractivity contribution < 1.29 is 23.8 Å². The van der Waals surface area contributed by atoms with E-state index in [1.54, 1.807) is 13.0 Å². The Labute approximate surface area is 145 Å². The van der Waals surface area contributed by atoms with Gasteiger partial charge in [-0.05, 0) is 25.1 Å². The molecule has 1 aromatic carbocycles. The molecule has 1 saturated heterocycles. The molecule has 0 radical (unpaired) electrons. The zero-order valence-corrected chi connectivity index (χ0v) is 13.9. The average Bonchev–Trinajstić information content (AvgIpc) is 3.01. The zero-order valence-electron chi connectivity index (χ0n) is 13.9. The number of carbonyl (C=O) groups excluding carboxylic acids is 1. The SMILES string of the molecule is Cc1cc(COc2ccccc2)oc1C(=O)N1CCN[C@@H](C(=O)O)C1. The third kappa shape index (κ3) is 4.00. The van der Waals surface area contributed by atoms with E-state index in [4.69, 9.17) is 14.3 Å². The van der Waals surface area contributed by atoms with Crippen molar-refractivity contribution >= 4 is 11.9 Å². The lowest BCUT2D eigenvalue weighted by Crippen LogP contribution is -2.55. The Balaban J connectivity index is 1.67. The van der Waals surface area contributed by atoms with E-state index in [1.807, 2.05) is 30.3 Å². The summed E-state index contributed by atoms with van der Waals surface area (Å²) in [6, 6.07) is 10.4. The maximum Gasteiger partial charge on any atom is 0.322 e. The summed E-state index contributed by atoms with van der Waals surface area (Å²) in [6.07, 6.45) is 0. The van der Waals surface area contributed by atoms with Crippen molar-refractivity contribution in [1.82, 2.24) is 10.2 Å². The Morgan fingerprint density at radius 3 is 2.84 bits per heavy atom. The second kappa shape index (κ2) is 7.40. The lowest BCUT2D eigenvalue weighted by atomic mass is 10.2. The first kappa shape index (κ1) is 17.0. The lowest BCUT2D eigenvalue weighted by molar-refractivity contribution is -0.140. The van der Waals surface area contributed by atoms with Gasteiger partial charge in [0.05, 0.1) is 0 Å². The van der Waals surface area contributed by atoms with Crippen LogP contribution >= 0.6 is 0 Å². The van der Waals surface area contributed by atoms with Gasteiger partial charge < -0.3 is 24.5 Å². The van der Waals surface area contributed by atoms with Gasteiger partial charge in [-0.2, -0.15) is 0 Å². The molecule has 1 aliphatic rings. The van der Waals surface area contributed by atoms with Gasteiger partial charge in [0.2, 0.25) is 0 Å². The van der Waals surface area contributed by atoms with Crippen molar-refractivity contribution in [1.29, 1.82) is 0 Å². The van der Waals surface area contributed by atoms with E-state index in [1.165, 1.54) is 4.90 Å². The lowest BCUT2D eigenvalue weighted by Gasteiger charge is -2.31. The molecule has 2 N–H and O–H groups in total. The second-order valence-electron chi connectivity index (χ2n) is 5.92. The summed E-state index contributed by atoms with van der Waals surface area (Å²) in [6.45, 7) is 3.01. The Kier molecular flexibility index (Phi) is 5.04. The van der Waals surface area contributed by atoms with Gasteiger partial charge in [0.15, 0.2) is 5.76 Å². The highest BCUT2D eigenvalue weighted by Gasteiger charge is 2.30. The smallest absolute Gasteiger partial charge is 0.322 e. The van der Waals surface area contributed by atoms with Crippen molar-refractivity contribution in [2.75, 3.05) is 19.6 Å². The van der Waals surface area contributed by atoms with Crippen LogP contribution in [0, 0.1) is 6.92 Å². The quantitative estimate of drug-likeness (QED) is 0.857. The van der Waals surface area contributed by atoms with Gasteiger partial charge in [0.1, 0.15) is 24.2 Å². The Hall–Kier alpha value is -2.80. The maximum atomic E-state index is 12.6. The number of aryl methyl sites for hydroxylation is 1. The predicted octanol–water partition coefficient (Wildman–Crippen LogP) is 1.67. The highest BCUT2D eigenvalue weighted by molar-refractivity contribution is 5.93. The number of piperazine rings is 1. The molecule has 1 fully saturated rings. The van der Waals surface area contributed by atoms with Crippen molar-refractivity contribution in [2.45, 2.75) is 19.6 Å². The largest absolute Gasteiger partial charge is 0.486 e. The second-order valence-corrected chi connectivity index (χ2v) is 5.92.